The fourth-order valence-electron chi connectivity index (χ4n) is 2.67. The molecule has 2 N–H and O–H groups in total. The van der Waals surface area contributed by atoms with Crippen LogP contribution >= 0.6 is 24.0 Å². The van der Waals surface area contributed by atoms with Crippen LogP contribution in [0, 0.1) is 11.7 Å². The third kappa shape index (κ3) is 4.83. The Morgan fingerprint density at radius 1 is 1.41 bits per heavy atom. The number of carbonyl (C=O) groups excluding carboxylic acids is 1. The molecule has 1 amide bonds. The van der Waals surface area contributed by atoms with Crippen LogP contribution < -0.4 is 10.6 Å². The van der Waals surface area contributed by atoms with Crippen molar-refractivity contribution in [3.8, 4) is 0 Å². The standard InChI is InChI=1S/C16H22ClFN2O.ClH/c1-16(2,13-4-3-12(18)9-14(13)17)10-20-15(21)11-5-7-19-8-6-11;/h3-4,9,11,19H,5-8,10H2,1-2H3,(H,20,21);1H. The smallest absolute Gasteiger partial charge is 0.223 e. The average molecular weight is 349 g/mol. The van der Waals surface area contributed by atoms with Crippen molar-refractivity contribution in [2.45, 2.75) is 32.1 Å². The molecule has 124 valence electrons. The highest BCUT2D eigenvalue weighted by Crippen LogP contribution is 2.30. The molecule has 0 aliphatic carbocycles. The average Bonchev–Trinajstić information content (AvgIpc) is 2.45. The minimum Gasteiger partial charge on any atom is -0.355 e. The van der Waals surface area contributed by atoms with Gasteiger partial charge in [-0.15, -0.1) is 12.4 Å². The summed E-state index contributed by atoms with van der Waals surface area (Å²) in [4.78, 5) is 12.2. The maximum atomic E-state index is 13.1. The van der Waals surface area contributed by atoms with E-state index in [0.717, 1.165) is 31.5 Å². The second-order valence-corrected chi connectivity index (χ2v) is 6.66. The van der Waals surface area contributed by atoms with Crippen molar-refractivity contribution in [2.75, 3.05) is 19.6 Å². The highest BCUT2D eigenvalue weighted by atomic mass is 35.5. The lowest BCUT2D eigenvalue weighted by Gasteiger charge is -2.29. The van der Waals surface area contributed by atoms with E-state index in [1.54, 1.807) is 6.07 Å². The number of benzene rings is 1. The van der Waals surface area contributed by atoms with E-state index in [-0.39, 0.29) is 35.5 Å². The Morgan fingerprint density at radius 3 is 2.64 bits per heavy atom. The predicted molar refractivity (Wildman–Crippen MR) is 90.3 cm³/mol. The van der Waals surface area contributed by atoms with Crippen LogP contribution in [0.4, 0.5) is 4.39 Å². The van der Waals surface area contributed by atoms with Gasteiger partial charge in [0.1, 0.15) is 5.82 Å². The highest BCUT2D eigenvalue weighted by molar-refractivity contribution is 6.31. The van der Waals surface area contributed by atoms with Crippen LogP contribution in [0.3, 0.4) is 0 Å². The van der Waals surface area contributed by atoms with E-state index in [0.29, 0.717) is 11.6 Å². The fourth-order valence-corrected chi connectivity index (χ4v) is 3.09. The third-order valence-electron chi connectivity index (χ3n) is 4.07. The number of hydrogen-bond donors (Lipinski definition) is 2. The van der Waals surface area contributed by atoms with Crippen molar-refractivity contribution in [3.63, 3.8) is 0 Å². The van der Waals surface area contributed by atoms with Crippen molar-refractivity contribution >= 4 is 29.9 Å². The van der Waals surface area contributed by atoms with Crippen LogP contribution in [-0.2, 0) is 10.2 Å². The van der Waals surface area contributed by atoms with Gasteiger partial charge in [-0.1, -0.05) is 31.5 Å². The van der Waals surface area contributed by atoms with Crippen LogP contribution in [0.5, 0.6) is 0 Å². The Morgan fingerprint density at radius 2 is 2.05 bits per heavy atom. The van der Waals surface area contributed by atoms with E-state index in [1.807, 2.05) is 13.8 Å². The molecule has 1 aromatic carbocycles. The molecule has 0 aromatic heterocycles. The zero-order valence-electron chi connectivity index (χ0n) is 12.9. The second kappa shape index (κ2) is 8.14. The molecule has 6 heteroatoms. The van der Waals surface area contributed by atoms with Crippen molar-refractivity contribution in [2.24, 2.45) is 5.92 Å². The van der Waals surface area contributed by atoms with Gasteiger partial charge in [0, 0.05) is 22.9 Å². The number of piperidine rings is 1. The van der Waals surface area contributed by atoms with Crippen LogP contribution in [-0.4, -0.2) is 25.5 Å². The lowest BCUT2D eigenvalue weighted by Crippen LogP contribution is -2.42. The van der Waals surface area contributed by atoms with Gasteiger partial charge >= 0.3 is 0 Å². The van der Waals surface area contributed by atoms with Crippen LogP contribution in [0.15, 0.2) is 18.2 Å². The Labute approximate surface area is 142 Å². The summed E-state index contributed by atoms with van der Waals surface area (Å²) in [6.45, 7) is 6.27. The summed E-state index contributed by atoms with van der Waals surface area (Å²) in [6.07, 6.45) is 1.76. The van der Waals surface area contributed by atoms with Gasteiger partial charge in [-0.2, -0.15) is 0 Å². The van der Waals surface area contributed by atoms with Crippen LogP contribution in [0.1, 0.15) is 32.3 Å². The maximum Gasteiger partial charge on any atom is 0.223 e. The molecule has 0 atom stereocenters. The number of rotatable bonds is 4. The van der Waals surface area contributed by atoms with E-state index in [4.69, 9.17) is 11.6 Å². The number of nitrogens with one attached hydrogen (secondary N) is 2. The minimum absolute atomic E-state index is 0. The van der Waals surface area contributed by atoms with Gasteiger partial charge in [0.05, 0.1) is 0 Å². The zero-order valence-corrected chi connectivity index (χ0v) is 14.5. The summed E-state index contributed by atoms with van der Waals surface area (Å²) in [7, 11) is 0. The van der Waals surface area contributed by atoms with Crippen molar-refractivity contribution < 1.29 is 9.18 Å². The lowest BCUT2D eigenvalue weighted by atomic mass is 9.84. The van der Waals surface area contributed by atoms with Gasteiger partial charge in [-0.25, -0.2) is 4.39 Å². The fraction of sp³-hybridized carbons (Fsp3) is 0.562. The Balaban J connectivity index is 0.00000242. The van der Waals surface area contributed by atoms with Crippen molar-refractivity contribution in [1.29, 1.82) is 0 Å². The number of carbonyl (C=O) groups is 1. The SMILES string of the molecule is CC(C)(CNC(=O)C1CCNCC1)c1ccc(F)cc1Cl.Cl. The first-order valence-electron chi connectivity index (χ1n) is 7.34. The van der Waals surface area contributed by atoms with E-state index < -0.39 is 0 Å². The molecule has 0 radical (unpaired) electrons. The zero-order chi connectivity index (χ0) is 15.5. The van der Waals surface area contributed by atoms with E-state index in [9.17, 15) is 9.18 Å². The molecule has 2 rings (SSSR count). The molecule has 0 spiro atoms. The topological polar surface area (TPSA) is 41.1 Å². The molecule has 3 nitrogen and oxygen atoms in total. The van der Waals surface area contributed by atoms with E-state index >= 15 is 0 Å². The molecule has 1 fully saturated rings. The molecule has 1 aliphatic heterocycles. The summed E-state index contributed by atoms with van der Waals surface area (Å²) in [5.41, 5.74) is 0.504. The largest absolute Gasteiger partial charge is 0.355 e. The molecule has 0 unspecified atom stereocenters. The quantitative estimate of drug-likeness (QED) is 0.876. The summed E-state index contributed by atoms with van der Waals surface area (Å²) in [5, 5.41) is 6.66. The number of hydrogen-bond acceptors (Lipinski definition) is 2. The molecular formula is C16H23Cl2FN2O. The predicted octanol–water partition coefficient (Wildman–Crippen LogP) is 3.29. The van der Waals surface area contributed by atoms with Crippen LogP contribution in [0.25, 0.3) is 0 Å². The monoisotopic (exact) mass is 348 g/mol. The van der Waals surface area contributed by atoms with E-state index in [2.05, 4.69) is 10.6 Å². The molecule has 1 heterocycles. The van der Waals surface area contributed by atoms with Gasteiger partial charge in [0.25, 0.3) is 0 Å². The molecule has 1 aliphatic rings. The van der Waals surface area contributed by atoms with Crippen LogP contribution in [0.2, 0.25) is 5.02 Å². The molecule has 0 saturated carbocycles. The summed E-state index contributed by atoms with van der Waals surface area (Å²) in [5.74, 6) is -0.160. The highest BCUT2D eigenvalue weighted by Gasteiger charge is 2.27. The molecule has 1 saturated heterocycles. The first-order valence-corrected chi connectivity index (χ1v) is 7.72. The summed E-state index contributed by atoms with van der Waals surface area (Å²) in [6, 6.07) is 4.40. The number of amides is 1. The first kappa shape index (κ1) is 19.2. The normalized spacial score (nSPS) is 16.0. The van der Waals surface area contributed by atoms with Crippen molar-refractivity contribution in [1.82, 2.24) is 10.6 Å². The molecule has 22 heavy (non-hydrogen) atoms. The Bertz CT molecular complexity index is 517. The van der Waals surface area contributed by atoms with Crippen molar-refractivity contribution in [3.05, 3.63) is 34.6 Å². The van der Waals surface area contributed by atoms with Gasteiger partial charge in [-0.3, -0.25) is 4.79 Å². The minimum atomic E-state index is -0.349. The second-order valence-electron chi connectivity index (χ2n) is 6.25. The van der Waals surface area contributed by atoms with Gasteiger partial charge in [0.15, 0.2) is 0 Å². The Hall–Kier alpha value is -0.840. The number of halogens is 3. The Kier molecular flexibility index (Phi) is 7.10. The molecular weight excluding hydrogens is 326 g/mol. The maximum absolute atomic E-state index is 13.1. The third-order valence-corrected chi connectivity index (χ3v) is 4.39. The summed E-state index contributed by atoms with van der Waals surface area (Å²) < 4.78 is 13.1. The molecule has 0 bridgehead atoms. The first-order chi connectivity index (χ1) is 9.90. The molecule has 1 aromatic rings. The lowest BCUT2D eigenvalue weighted by molar-refractivity contribution is -0.125. The van der Waals surface area contributed by atoms with Gasteiger partial charge in [0.2, 0.25) is 5.91 Å². The van der Waals surface area contributed by atoms with Gasteiger partial charge < -0.3 is 10.6 Å². The van der Waals surface area contributed by atoms with E-state index in [1.165, 1.54) is 12.1 Å². The summed E-state index contributed by atoms with van der Waals surface area (Å²) >= 11 is 6.12. The van der Waals surface area contributed by atoms with Gasteiger partial charge in [-0.05, 0) is 43.6 Å².